The van der Waals surface area contributed by atoms with Gasteiger partial charge < -0.3 is 5.73 Å². The minimum atomic E-state index is -3.84. The van der Waals surface area contributed by atoms with Crippen LogP contribution < -0.4 is 5.73 Å². The molecule has 1 aromatic heterocycles. The van der Waals surface area contributed by atoms with Gasteiger partial charge in [-0.1, -0.05) is 23.8 Å². The molecule has 154 valence electrons. The second-order valence-electron chi connectivity index (χ2n) is 6.87. The van der Waals surface area contributed by atoms with Crippen LogP contribution in [0.1, 0.15) is 23.7 Å². The quantitative estimate of drug-likeness (QED) is 0.562. The Bertz CT molecular complexity index is 1120. The van der Waals surface area contributed by atoms with Crippen LogP contribution in [0.15, 0.2) is 35.5 Å². The topological polar surface area (TPSA) is 88.7 Å². The lowest BCUT2D eigenvalue weighted by Crippen LogP contribution is -2.50. The van der Waals surface area contributed by atoms with Gasteiger partial charge in [0.1, 0.15) is 5.54 Å². The fourth-order valence-electron chi connectivity index (χ4n) is 3.04. The first-order valence-electron chi connectivity index (χ1n) is 8.38. The van der Waals surface area contributed by atoms with Crippen molar-refractivity contribution in [2.75, 3.05) is 12.8 Å². The van der Waals surface area contributed by atoms with Crippen molar-refractivity contribution >= 4 is 44.7 Å². The lowest BCUT2D eigenvalue weighted by Gasteiger charge is -2.34. The predicted octanol–water partition coefficient (Wildman–Crippen LogP) is 2.78. The Hall–Kier alpha value is -2.17. The Kier molecular flexibility index (Phi) is 5.63. The monoisotopic (exact) mass is 458 g/mol. The molecule has 0 fully saturated rings. The van der Waals surface area contributed by atoms with E-state index < -0.39 is 32.9 Å². The Morgan fingerprint density at radius 1 is 1.38 bits per heavy atom. The molecule has 0 unspecified atom stereocenters. The predicted molar refractivity (Wildman–Crippen MR) is 112 cm³/mol. The largest absolute Gasteiger partial charge is 0.369 e. The molecular formula is C18H17ClF2N4O2S2. The average molecular weight is 459 g/mol. The minimum Gasteiger partial charge on any atom is -0.369 e. The first-order valence-corrected chi connectivity index (χ1v) is 10.8. The molecular weight excluding hydrogens is 442 g/mol. The number of nitrogens with zero attached hydrogens (tertiary/aromatic N) is 3. The summed E-state index contributed by atoms with van der Waals surface area (Å²) in [6, 6.07) is 5.62. The second-order valence-corrected chi connectivity index (χ2v) is 9.80. The smallest absolute Gasteiger partial charge is 0.239 e. The Labute approximate surface area is 177 Å². The van der Waals surface area contributed by atoms with Gasteiger partial charge in [0.2, 0.25) is 16.0 Å². The zero-order chi connectivity index (χ0) is 21.6. The number of halogens is 3. The maximum absolute atomic E-state index is 14.6. The molecule has 0 bridgehead atoms. The molecule has 0 spiro atoms. The minimum absolute atomic E-state index is 0.0933. The van der Waals surface area contributed by atoms with Gasteiger partial charge in [-0.25, -0.2) is 26.5 Å². The van der Waals surface area contributed by atoms with Crippen LogP contribution in [0.25, 0.3) is 0 Å². The van der Waals surface area contributed by atoms with Gasteiger partial charge in [-0.2, -0.15) is 0 Å². The van der Waals surface area contributed by atoms with Crippen molar-refractivity contribution in [2.24, 2.45) is 10.7 Å². The van der Waals surface area contributed by atoms with Crippen molar-refractivity contribution in [3.05, 3.63) is 63.9 Å². The van der Waals surface area contributed by atoms with E-state index in [9.17, 15) is 17.2 Å². The van der Waals surface area contributed by atoms with Crippen LogP contribution in [0.3, 0.4) is 0 Å². The molecule has 1 aromatic carbocycles. The highest BCUT2D eigenvalue weighted by atomic mass is 35.5. The second kappa shape index (κ2) is 7.58. The van der Waals surface area contributed by atoms with E-state index in [1.165, 1.54) is 26.2 Å². The molecule has 0 amide bonds. The molecule has 6 nitrogen and oxygen atoms in total. The van der Waals surface area contributed by atoms with Crippen molar-refractivity contribution in [3.8, 4) is 0 Å². The number of sulfonamides is 1. The van der Waals surface area contributed by atoms with E-state index in [0.29, 0.717) is 21.1 Å². The Morgan fingerprint density at radius 3 is 2.66 bits per heavy atom. The van der Waals surface area contributed by atoms with Gasteiger partial charge in [-0.15, -0.1) is 0 Å². The molecule has 2 heterocycles. The first-order chi connectivity index (χ1) is 13.4. The summed E-state index contributed by atoms with van der Waals surface area (Å²) in [6.45, 7) is 1.39. The van der Waals surface area contributed by atoms with Gasteiger partial charge in [0, 0.05) is 30.1 Å². The molecule has 2 aromatic rings. The molecule has 0 radical (unpaired) electrons. The summed E-state index contributed by atoms with van der Waals surface area (Å²) >= 11 is 11.2. The number of nitrogens with two attached hydrogens (primary N) is 1. The van der Waals surface area contributed by atoms with Gasteiger partial charge >= 0.3 is 0 Å². The SMILES string of the molecule is CN1C(N)=N[C@](C)(c2cc(CC(=S)c3ccc(Cl)cn3)cc(F)c2F)CS1(=O)=O. The molecule has 2 N–H and O–H groups in total. The molecule has 0 saturated carbocycles. The van der Waals surface area contributed by atoms with E-state index in [0.717, 1.165) is 10.4 Å². The van der Waals surface area contributed by atoms with E-state index in [-0.39, 0.29) is 17.9 Å². The normalized spacial score (nSPS) is 21.0. The third-order valence-corrected chi connectivity index (χ3v) is 7.14. The van der Waals surface area contributed by atoms with E-state index in [4.69, 9.17) is 29.6 Å². The molecule has 0 aliphatic carbocycles. The lowest BCUT2D eigenvalue weighted by atomic mass is 9.91. The summed E-state index contributed by atoms with van der Waals surface area (Å²) in [5, 5.41) is 0.443. The third kappa shape index (κ3) is 4.24. The first kappa shape index (κ1) is 21.5. The summed E-state index contributed by atoms with van der Waals surface area (Å²) in [7, 11) is -2.59. The number of guanidine groups is 1. The maximum atomic E-state index is 14.6. The van der Waals surface area contributed by atoms with Gasteiger partial charge in [-0.3, -0.25) is 4.98 Å². The highest BCUT2D eigenvalue weighted by Crippen LogP contribution is 2.35. The third-order valence-electron chi connectivity index (χ3n) is 4.61. The summed E-state index contributed by atoms with van der Waals surface area (Å²) in [4.78, 5) is 8.63. The van der Waals surface area contributed by atoms with Crippen molar-refractivity contribution in [3.63, 3.8) is 0 Å². The van der Waals surface area contributed by atoms with Crippen molar-refractivity contribution in [2.45, 2.75) is 18.9 Å². The number of aromatic nitrogens is 1. The van der Waals surface area contributed by atoms with Gasteiger partial charge in [-0.05, 0) is 36.8 Å². The van der Waals surface area contributed by atoms with E-state index in [1.54, 1.807) is 12.1 Å². The van der Waals surface area contributed by atoms with Crippen LogP contribution >= 0.6 is 23.8 Å². The summed E-state index contributed by atoms with van der Waals surface area (Å²) in [5.41, 5.74) is 4.74. The molecule has 1 atom stereocenters. The van der Waals surface area contributed by atoms with Crippen LogP contribution in [0.2, 0.25) is 5.02 Å². The standard InChI is InChI=1S/C18H17ClF2N4O2S2/c1-18(9-29(26,27)25(2)17(22)24-18)12-5-10(6-13(20)16(12)21)7-15(28)14-4-3-11(19)8-23-14/h3-6,8H,7,9H2,1-2H3,(H2,22,24)/t18-/m0/s1. The van der Waals surface area contributed by atoms with Crippen molar-refractivity contribution in [1.29, 1.82) is 0 Å². The van der Waals surface area contributed by atoms with E-state index in [1.807, 2.05) is 0 Å². The highest BCUT2D eigenvalue weighted by molar-refractivity contribution is 7.89. The van der Waals surface area contributed by atoms with Crippen LogP contribution in [0, 0.1) is 11.6 Å². The summed E-state index contributed by atoms with van der Waals surface area (Å²) in [6.07, 6.45) is 1.53. The number of rotatable bonds is 4. The number of pyridine rings is 1. The summed E-state index contributed by atoms with van der Waals surface area (Å²) in [5.74, 6) is -3.16. The lowest BCUT2D eigenvalue weighted by molar-refractivity contribution is 0.435. The number of benzene rings is 1. The summed E-state index contributed by atoms with van der Waals surface area (Å²) < 4.78 is 54.5. The number of aliphatic imine (C=N–C) groups is 1. The Balaban J connectivity index is 2.02. The fourth-order valence-corrected chi connectivity index (χ4v) is 4.89. The van der Waals surface area contributed by atoms with Crippen LogP contribution in [0.4, 0.5) is 8.78 Å². The molecule has 11 heteroatoms. The van der Waals surface area contributed by atoms with Gasteiger partial charge in [0.25, 0.3) is 0 Å². The van der Waals surface area contributed by atoms with Crippen molar-refractivity contribution in [1.82, 2.24) is 9.29 Å². The zero-order valence-corrected chi connectivity index (χ0v) is 17.9. The van der Waals surface area contributed by atoms with Crippen molar-refractivity contribution < 1.29 is 17.2 Å². The molecule has 29 heavy (non-hydrogen) atoms. The highest BCUT2D eigenvalue weighted by Gasteiger charge is 2.42. The van der Waals surface area contributed by atoms with Crippen LogP contribution in [-0.4, -0.2) is 41.3 Å². The zero-order valence-electron chi connectivity index (χ0n) is 15.5. The fraction of sp³-hybridized carbons (Fsp3) is 0.278. The van der Waals surface area contributed by atoms with E-state index >= 15 is 0 Å². The molecule has 1 aliphatic rings. The maximum Gasteiger partial charge on any atom is 0.239 e. The number of thiocarbonyl (C=S) groups is 1. The van der Waals surface area contributed by atoms with Crippen LogP contribution in [0.5, 0.6) is 0 Å². The van der Waals surface area contributed by atoms with Gasteiger partial charge in [0.05, 0.1) is 16.5 Å². The Morgan fingerprint density at radius 2 is 2.07 bits per heavy atom. The molecule has 0 saturated heterocycles. The van der Waals surface area contributed by atoms with Crippen LogP contribution in [-0.2, 0) is 22.0 Å². The molecule has 3 rings (SSSR count). The van der Waals surface area contributed by atoms with Gasteiger partial charge in [0.15, 0.2) is 11.6 Å². The molecule has 1 aliphatic heterocycles. The average Bonchev–Trinajstić information content (AvgIpc) is 2.62. The number of hydrogen-bond donors (Lipinski definition) is 1. The van der Waals surface area contributed by atoms with E-state index in [2.05, 4.69) is 9.98 Å². The number of hydrogen-bond acceptors (Lipinski definition) is 6.